The summed E-state index contributed by atoms with van der Waals surface area (Å²) in [7, 11) is 0. The van der Waals surface area contributed by atoms with Crippen LogP contribution in [-0.2, 0) is 14.4 Å². The molecular formula is C21H24N4O5. The highest BCUT2D eigenvalue weighted by atomic mass is 16.5. The van der Waals surface area contributed by atoms with Gasteiger partial charge in [-0.1, -0.05) is 25.5 Å². The van der Waals surface area contributed by atoms with Crippen LogP contribution in [-0.4, -0.2) is 37.1 Å². The SMILES string of the molecule is CCCCOc1ccc(NC(=O)C(=O)N/N=C\c2ccccc2OCC(N)=O)cc1. The van der Waals surface area contributed by atoms with Gasteiger partial charge in [-0.2, -0.15) is 5.10 Å². The number of carbonyl (C=O) groups is 3. The van der Waals surface area contributed by atoms with E-state index in [1.54, 1.807) is 48.5 Å². The van der Waals surface area contributed by atoms with Gasteiger partial charge in [-0.25, -0.2) is 5.43 Å². The van der Waals surface area contributed by atoms with Crippen LogP contribution in [0.4, 0.5) is 5.69 Å². The smallest absolute Gasteiger partial charge is 0.329 e. The van der Waals surface area contributed by atoms with E-state index in [0.717, 1.165) is 12.8 Å². The van der Waals surface area contributed by atoms with Crippen LogP contribution in [0, 0.1) is 0 Å². The summed E-state index contributed by atoms with van der Waals surface area (Å²) in [5.74, 6) is -1.38. The highest BCUT2D eigenvalue weighted by Crippen LogP contribution is 2.16. The summed E-state index contributed by atoms with van der Waals surface area (Å²) < 4.78 is 10.8. The number of benzene rings is 2. The second-order valence-corrected chi connectivity index (χ2v) is 6.17. The molecule has 0 atom stereocenters. The maximum atomic E-state index is 12.0. The molecule has 9 nitrogen and oxygen atoms in total. The number of anilines is 1. The fraction of sp³-hybridized carbons (Fsp3) is 0.238. The van der Waals surface area contributed by atoms with E-state index in [2.05, 4.69) is 22.8 Å². The molecule has 0 spiro atoms. The fourth-order valence-electron chi connectivity index (χ4n) is 2.24. The Morgan fingerprint density at radius 3 is 2.47 bits per heavy atom. The number of unbranched alkanes of at least 4 members (excludes halogenated alkanes) is 1. The van der Waals surface area contributed by atoms with Gasteiger partial charge in [0.05, 0.1) is 12.8 Å². The number of nitrogens with one attached hydrogen (secondary N) is 2. The monoisotopic (exact) mass is 412 g/mol. The predicted molar refractivity (Wildman–Crippen MR) is 112 cm³/mol. The Balaban J connectivity index is 1.86. The Kier molecular flexibility index (Phi) is 8.85. The Hall–Kier alpha value is -3.88. The molecule has 2 aromatic carbocycles. The first kappa shape index (κ1) is 22.4. The minimum Gasteiger partial charge on any atom is -0.494 e. The molecule has 3 amide bonds. The van der Waals surface area contributed by atoms with Crippen LogP contribution in [0.2, 0.25) is 0 Å². The standard InChI is InChI=1S/C21H24N4O5/c1-2-3-12-29-17-10-8-16(9-11-17)24-20(27)21(28)25-23-13-15-6-4-5-7-18(15)30-14-19(22)26/h4-11,13H,2-3,12,14H2,1H3,(H2,22,26)(H,24,27)(H,25,28)/b23-13-. The minimum atomic E-state index is -0.940. The van der Waals surface area contributed by atoms with Crippen molar-refractivity contribution in [2.75, 3.05) is 18.5 Å². The number of para-hydroxylation sites is 1. The zero-order valence-electron chi connectivity index (χ0n) is 16.6. The third kappa shape index (κ3) is 7.63. The lowest BCUT2D eigenvalue weighted by Gasteiger charge is -2.08. The Labute approximate surface area is 174 Å². The molecule has 0 heterocycles. The zero-order valence-corrected chi connectivity index (χ0v) is 16.6. The number of hydrogen-bond acceptors (Lipinski definition) is 6. The number of hydrogen-bond donors (Lipinski definition) is 3. The first-order valence-corrected chi connectivity index (χ1v) is 9.37. The Morgan fingerprint density at radius 2 is 1.77 bits per heavy atom. The second-order valence-electron chi connectivity index (χ2n) is 6.17. The first-order chi connectivity index (χ1) is 14.5. The summed E-state index contributed by atoms with van der Waals surface area (Å²) in [6.45, 7) is 2.41. The molecule has 0 aliphatic carbocycles. The molecule has 158 valence electrons. The van der Waals surface area contributed by atoms with Crippen molar-refractivity contribution < 1.29 is 23.9 Å². The molecule has 4 N–H and O–H groups in total. The lowest BCUT2D eigenvalue weighted by atomic mass is 10.2. The van der Waals surface area contributed by atoms with Crippen molar-refractivity contribution in [2.45, 2.75) is 19.8 Å². The van der Waals surface area contributed by atoms with Gasteiger partial charge >= 0.3 is 11.8 Å². The van der Waals surface area contributed by atoms with Crippen molar-refractivity contribution in [3.63, 3.8) is 0 Å². The number of rotatable bonds is 10. The average Bonchev–Trinajstić information content (AvgIpc) is 2.74. The molecule has 0 fully saturated rings. The van der Waals surface area contributed by atoms with Crippen molar-refractivity contribution in [3.8, 4) is 11.5 Å². The minimum absolute atomic E-state index is 0.290. The van der Waals surface area contributed by atoms with Gasteiger partial charge in [0, 0.05) is 11.3 Å². The number of nitrogens with zero attached hydrogens (tertiary/aromatic N) is 1. The molecule has 9 heteroatoms. The van der Waals surface area contributed by atoms with E-state index in [-0.39, 0.29) is 6.61 Å². The van der Waals surface area contributed by atoms with E-state index in [4.69, 9.17) is 15.2 Å². The van der Waals surface area contributed by atoms with Crippen LogP contribution in [0.3, 0.4) is 0 Å². The number of hydrazone groups is 1. The maximum Gasteiger partial charge on any atom is 0.329 e. The number of amides is 3. The van der Waals surface area contributed by atoms with Gasteiger partial charge in [0.2, 0.25) is 0 Å². The van der Waals surface area contributed by atoms with Crippen LogP contribution >= 0.6 is 0 Å². The van der Waals surface area contributed by atoms with Crippen molar-refractivity contribution in [3.05, 3.63) is 54.1 Å². The van der Waals surface area contributed by atoms with Crippen molar-refractivity contribution >= 4 is 29.6 Å². The highest BCUT2D eigenvalue weighted by molar-refractivity contribution is 6.39. The number of primary amides is 1. The van der Waals surface area contributed by atoms with E-state index in [9.17, 15) is 14.4 Å². The molecule has 0 aliphatic heterocycles. The van der Waals surface area contributed by atoms with Gasteiger partial charge in [-0.15, -0.1) is 0 Å². The highest BCUT2D eigenvalue weighted by Gasteiger charge is 2.13. The molecule has 0 bridgehead atoms. The molecule has 2 rings (SSSR count). The first-order valence-electron chi connectivity index (χ1n) is 9.37. The van der Waals surface area contributed by atoms with Crippen LogP contribution in [0.25, 0.3) is 0 Å². The van der Waals surface area contributed by atoms with Gasteiger partial charge in [-0.3, -0.25) is 14.4 Å². The molecule has 0 aliphatic rings. The Bertz CT molecular complexity index is 897. The maximum absolute atomic E-state index is 12.0. The molecule has 30 heavy (non-hydrogen) atoms. The van der Waals surface area contributed by atoms with E-state index in [1.165, 1.54) is 6.21 Å². The molecular weight excluding hydrogens is 388 g/mol. The van der Waals surface area contributed by atoms with Crippen LogP contribution in [0.15, 0.2) is 53.6 Å². The third-order valence-electron chi connectivity index (χ3n) is 3.74. The van der Waals surface area contributed by atoms with Crippen molar-refractivity contribution in [2.24, 2.45) is 10.8 Å². The molecule has 0 radical (unpaired) electrons. The Morgan fingerprint density at radius 1 is 1.03 bits per heavy atom. The van der Waals surface area contributed by atoms with Crippen LogP contribution in [0.1, 0.15) is 25.3 Å². The van der Waals surface area contributed by atoms with E-state index in [1.807, 2.05) is 0 Å². The predicted octanol–water partition coefficient (Wildman–Crippen LogP) is 1.82. The second kappa shape index (κ2) is 11.8. The van der Waals surface area contributed by atoms with Crippen molar-refractivity contribution in [1.29, 1.82) is 0 Å². The quantitative estimate of drug-likeness (QED) is 0.237. The molecule has 0 saturated carbocycles. The number of ether oxygens (including phenoxy) is 2. The van der Waals surface area contributed by atoms with Gasteiger partial charge in [0.15, 0.2) is 6.61 Å². The van der Waals surface area contributed by atoms with Crippen molar-refractivity contribution in [1.82, 2.24) is 5.43 Å². The summed E-state index contributed by atoms with van der Waals surface area (Å²) in [6, 6.07) is 13.4. The van der Waals surface area contributed by atoms with Gasteiger partial charge in [-0.05, 0) is 42.8 Å². The summed E-state index contributed by atoms with van der Waals surface area (Å²) in [5, 5.41) is 6.22. The number of carbonyl (C=O) groups excluding carboxylic acids is 3. The van der Waals surface area contributed by atoms with E-state index >= 15 is 0 Å². The summed E-state index contributed by atoms with van der Waals surface area (Å²) in [5.41, 5.74) is 8.14. The number of nitrogens with two attached hydrogens (primary N) is 1. The summed E-state index contributed by atoms with van der Waals surface area (Å²) in [4.78, 5) is 34.8. The van der Waals surface area contributed by atoms with E-state index in [0.29, 0.717) is 29.4 Å². The van der Waals surface area contributed by atoms with E-state index < -0.39 is 17.7 Å². The topological polar surface area (TPSA) is 132 Å². The molecule has 0 aromatic heterocycles. The van der Waals surface area contributed by atoms with Crippen LogP contribution < -0.4 is 25.9 Å². The largest absolute Gasteiger partial charge is 0.494 e. The summed E-state index contributed by atoms with van der Waals surface area (Å²) in [6.07, 6.45) is 3.29. The van der Waals surface area contributed by atoms with Gasteiger partial charge in [0.25, 0.3) is 5.91 Å². The van der Waals surface area contributed by atoms with Gasteiger partial charge < -0.3 is 20.5 Å². The lowest BCUT2D eigenvalue weighted by molar-refractivity contribution is -0.136. The molecule has 0 saturated heterocycles. The molecule has 2 aromatic rings. The fourth-order valence-corrected chi connectivity index (χ4v) is 2.24. The lowest BCUT2D eigenvalue weighted by Crippen LogP contribution is -2.32. The van der Waals surface area contributed by atoms with Crippen LogP contribution in [0.5, 0.6) is 11.5 Å². The third-order valence-corrected chi connectivity index (χ3v) is 3.74. The zero-order chi connectivity index (χ0) is 21.8. The van der Waals surface area contributed by atoms with Gasteiger partial charge in [0.1, 0.15) is 11.5 Å². The summed E-state index contributed by atoms with van der Waals surface area (Å²) >= 11 is 0. The average molecular weight is 412 g/mol. The molecule has 0 unspecified atom stereocenters. The normalized spacial score (nSPS) is 10.4.